The molecule has 1 atom stereocenters. The number of benzene rings is 3. The maximum Gasteiger partial charge on any atom is 0.251 e. The van der Waals surface area contributed by atoms with Gasteiger partial charge in [-0.15, -0.1) is 0 Å². The van der Waals surface area contributed by atoms with Gasteiger partial charge in [0, 0.05) is 17.2 Å². The summed E-state index contributed by atoms with van der Waals surface area (Å²) in [7, 11) is 0. The molecule has 0 aliphatic heterocycles. The molecule has 5 rings (SSSR count). The van der Waals surface area contributed by atoms with E-state index < -0.39 is 0 Å². The van der Waals surface area contributed by atoms with Gasteiger partial charge in [-0.25, -0.2) is 0 Å². The van der Waals surface area contributed by atoms with Gasteiger partial charge in [-0.2, -0.15) is 0 Å². The summed E-state index contributed by atoms with van der Waals surface area (Å²) in [5.41, 5.74) is 7.82. The fraction of sp³-hybridized carbons (Fsp3) is 0.267. The van der Waals surface area contributed by atoms with Crippen molar-refractivity contribution in [2.24, 2.45) is 0 Å². The molecule has 0 saturated heterocycles. The average molecular weight is 452 g/mol. The lowest BCUT2D eigenvalue weighted by Gasteiger charge is -2.20. The van der Waals surface area contributed by atoms with E-state index in [1.165, 1.54) is 30.0 Å². The van der Waals surface area contributed by atoms with E-state index >= 15 is 0 Å². The molecule has 1 aromatic heterocycles. The van der Waals surface area contributed by atoms with Crippen LogP contribution < -0.4 is 10.7 Å². The van der Waals surface area contributed by atoms with E-state index in [2.05, 4.69) is 23.5 Å². The van der Waals surface area contributed by atoms with Crippen LogP contribution in [0.1, 0.15) is 64.0 Å². The van der Waals surface area contributed by atoms with Gasteiger partial charge < -0.3 is 9.73 Å². The van der Waals surface area contributed by atoms with E-state index in [1.807, 2.05) is 45.0 Å². The highest BCUT2D eigenvalue weighted by molar-refractivity contribution is 5.95. The lowest BCUT2D eigenvalue weighted by Crippen LogP contribution is -2.26. The van der Waals surface area contributed by atoms with Crippen LogP contribution in [0.4, 0.5) is 0 Å². The molecule has 0 spiro atoms. The fourth-order valence-electron chi connectivity index (χ4n) is 4.92. The minimum Gasteiger partial charge on any atom is -0.456 e. The first-order valence-electron chi connectivity index (χ1n) is 12.0. The van der Waals surface area contributed by atoms with Crippen LogP contribution in [0.15, 0.2) is 69.9 Å². The molecule has 0 bridgehead atoms. The summed E-state index contributed by atoms with van der Waals surface area (Å²) in [6, 6.07) is 19.1. The van der Waals surface area contributed by atoms with Crippen LogP contribution in [0.5, 0.6) is 0 Å². The number of carbonyl (C=O) groups excluding carboxylic acids is 1. The highest BCUT2D eigenvalue weighted by Crippen LogP contribution is 2.27. The van der Waals surface area contributed by atoms with Crippen molar-refractivity contribution in [2.75, 3.05) is 0 Å². The van der Waals surface area contributed by atoms with Crippen LogP contribution in [-0.2, 0) is 12.8 Å². The van der Waals surface area contributed by atoms with Gasteiger partial charge in [-0.3, -0.25) is 9.59 Å². The van der Waals surface area contributed by atoms with Crippen molar-refractivity contribution < 1.29 is 9.21 Å². The summed E-state index contributed by atoms with van der Waals surface area (Å²) in [6.07, 6.45) is 4.77. The third-order valence-corrected chi connectivity index (χ3v) is 6.81. The van der Waals surface area contributed by atoms with Crippen molar-refractivity contribution in [3.05, 3.63) is 104 Å². The summed E-state index contributed by atoms with van der Waals surface area (Å²) < 4.78 is 6.08. The molecule has 1 unspecified atom stereocenters. The van der Waals surface area contributed by atoms with E-state index in [4.69, 9.17) is 4.42 Å². The Kier molecular flexibility index (Phi) is 5.82. The number of amides is 1. The molecular formula is C30H29NO3. The van der Waals surface area contributed by atoms with E-state index in [-0.39, 0.29) is 17.4 Å². The molecule has 1 amide bonds. The van der Waals surface area contributed by atoms with E-state index in [1.54, 1.807) is 12.1 Å². The molecule has 1 N–H and O–H groups in total. The predicted octanol–water partition coefficient (Wildman–Crippen LogP) is 6.45. The van der Waals surface area contributed by atoms with Gasteiger partial charge in [0.05, 0.1) is 11.4 Å². The normalized spacial score (nSPS) is 14.0. The second kappa shape index (κ2) is 8.94. The van der Waals surface area contributed by atoms with Gasteiger partial charge in [-0.1, -0.05) is 36.4 Å². The Labute approximate surface area is 199 Å². The lowest BCUT2D eigenvalue weighted by molar-refractivity contribution is 0.0940. The zero-order chi connectivity index (χ0) is 23.8. The summed E-state index contributed by atoms with van der Waals surface area (Å²) in [6.45, 7) is 5.93. The van der Waals surface area contributed by atoms with Crippen molar-refractivity contribution in [2.45, 2.75) is 52.5 Å². The maximum absolute atomic E-state index is 12.9. The van der Waals surface area contributed by atoms with Gasteiger partial charge >= 0.3 is 0 Å². The number of aryl methyl sites for hydroxylation is 4. The summed E-state index contributed by atoms with van der Waals surface area (Å²) in [5.74, 6) is 0.377. The Morgan fingerprint density at radius 2 is 1.65 bits per heavy atom. The monoisotopic (exact) mass is 451 g/mol. The smallest absolute Gasteiger partial charge is 0.251 e. The Balaban J connectivity index is 1.35. The highest BCUT2D eigenvalue weighted by atomic mass is 16.3. The number of rotatable bonds is 4. The third kappa shape index (κ3) is 4.28. The zero-order valence-electron chi connectivity index (χ0n) is 19.9. The van der Waals surface area contributed by atoms with Gasteiger partial charge in [0.2, 0.25) is 0 Å². The molecule has 1 aliphatic carbocycles. The summed E-state index contributed by atoms with van der Waals surface area (Å²) >= 11 is 0. The van der Waals surface area contributed by atoms with Crippen LogP contribution >= 0.6 is 0 Å². The summed E-state index contributed by atoms with van der Waals surface area (Å²) in [4.78, 5) is 25.6. The topological polar surface area (TPSA) is 59.3 Å². The lowest BCUT2D eigenvalue weighted by atomic mass is 9.89. The fourth-order valence-corrected chi connectivity index (χ4v) is 4.92. The quantitative estimate of drug-likeness (QED) is 0.388. The van der Waals surface area contributed by atoms with E-state index in [0.29, 0.717) is 22.3 Å². The average Bonchev–Trinajstić information content (AvgIpc) is 2.84. The van der Waals surface area contributed by atoms with Crippen molar-refractivity contribution in [1.29, 1.82) is 0 Å². The van der Waals surface area contributed by atoms with Crippen LogP contribution in [-0.4, -0.2) is 5.91 Å². The minimum absolute atomic E-state index is 0.0660. The molecular weight excluding hydrogens is 422 g/mol. The molecule has 4 heteroatoms. The number of hydrogen-bond donors (Lipinski definition) is 1. The van der Waals surface area contributed by atoms with Gasteiger partial charge in [0.15, 0.2) is 5.43 Å². The maximum atomic E-state index is 12.9. The molecule has 1 aliphatic rings. The largest absolute Gasteiger partial charge is 0.456 e. The Morgan fingerprint density at radius 3 is 2.41 bits per heavy atom. The molecule has 34 heavy (non-hydrogen) atoms. The van der Waals surface area contributed by atoms with Crippen molar-refractivity contribution in [1.82, 2.24) is 5.32 Å². The Morgan fingerprint density at radius 1 is 0.912 bits per heavy atom. The molecule has 172 valence electrons. The Hall–Kier alpha value is -3.66. The number of fused-ring (bicyclic) bond motifs is 2. The van der Waals surface area contributed by atoms with Crippen LogP contribution in [0.3, 0.4) is 0 Å². The van der Waals surface area contributed by atoms with Crippen molar-refractivity contribution in [3.63, 3.8) is 0 Å². The predicted molar refractivity (Wildman–Crippen MR) is 136 cm³/mol. The van der Waals surface area contributed by atoms with E-state index in [9.17, 15) is 9.59 Å². The second-order valence-electron chi connectivity index (χ2n) is 9.44. The van der Waals surface area contributed by atoms with Gasteiger partial charge in [0.1, 0.15) is 11.3 Å². The molecule has 3 aromatic carbocycles. The number of hydrogen-bond acceptors (Lipinski definition) is 3. The summed E-state index contributed by atoms with van der Waals surface area (Å²) in [5, 5.41) is 3.70. The second-order valence-corrected chi connectivity index (χ2v) is 9.44. The van der Waals surface area contributed by atoms with Crippen LogP contribution in [0, 0.1) is 13.8 Å². The van der Waals surface area contributed by atoms with Gasteiger partial charge in [-0.05, 0) is 92.5 Å². The number of nitrogens with one attached hydrogen (secondary N) is 1. The molecule has 1 heterocycles. The first-order valence-corrected chi connectivity index (χ1v) is 12.0. The molecule has 4 nitrogen and oxygen atoms in total. The molecule has 0 fully saturated rings. The van der Waals surface area contributed by atoms with Crippen molar-refractivity contribution in [3.8, 4) is 11.3 Å². The first-order chi connectivity index (χ1) is 16.4. The SMILES string of the molecule is Cc1cc(C)c2oc(-c3ccc(C(=O)NC(C)c4ccc5c(c4)CCCC5)cc3)cc(=O)c2c1. The number of carbonyl (C=O) groups is 1. The zero-order valence-corrected chi connectivity index (χ0v) is 19.9. The molecule has 0 saturated carbocycles. The molecule has 0 radical (unpaired) electrons. The Bertz CT molecular complexity index is 1450. The first kappa shape index (κ1) is 22.1. The highest BCUT2D eigenvalue weighted by Gasteiger charge is 2.16. The van der Waals surface area contributed by atoms with Crippen molar-refractivity contribution >= 4 is 16.9 Å². The van der Waals surface area contributed by atoms with Crippen LogP contribution in [0.2, 0.25) is 0 Å². The van der Waals surface area contributed by atoms with E-state index in [0.717, 1.165) is 35.1 Å². The molecule has 4 aromatic rings. The minimum atomic E-state index is -0.122. The third-order valence-electron chi connectivity index (χ3n) is 6.81. The van der Waals surface area contributed by atoms with Gasteiger partial charge in [0.25, 0.3) is 5.91 Å². The standard InChI is InChI=1S/C30H29NO3/c1-18-14-19(2)29-26(15-18)27(32)17-28(34-29)22-9-11-23(12-10-22)30(33)31-20(3)24-13-8-21-6-4-5-7-25(21)16-24/h8-17,20H,4-7H2,1-3H3,(H,31,33). The van der Waals surface area contributed by atoms with Crippen LogP contribution in [0.25, 0.3) is 22.3 Å².